The fourth-order valence-corrected chi connectivity index (χ4v) is 1.99. The van der Waals surface area contributed by atoms with Crippen molar-refractivity contribution in [2.75, 3.05) is 5.32 Å². The quantitative estimate of drug-likeness (QED) is 0.848. The summed E-state index contributed by atoms with van der Waals surface area (Å²) in [6.07, 6.45) is 1.39. The highest BCUT2D eigenvalue weighted by Gasteiger charge is 2.11. The third-order valence-corrected chi connectivity index (χ3v) is 3.30. The number of halogens is 1. The highest BCUT2D eigenvalue weighted by molar-refractivity contribution is 7.80. The molecule has 0 unspecified atom stereocenters. The standard InChI is InChI=1S/C10H7ClN4OS2/c11-6-3-5(9(12)17)1-2-7(6)14-10(16)8-4-13-15-18-8/h1-4H,(H2,12,17)(H,14,16). The summed E-state index contributed by atoms with van der Waals surface area (Å²) >= 11 is 11.9. The zero-order valence-corrected chi connectivity index (χ0v) is 11.3. The average molecular weight is 299 g/mol. The van der Waals surface area contributed by atoms with Gasteiger partial charge in [0, 0.05) is 5.56 Å². The summed E-state index contributed by atoms with van der Waals surface area (Å²) in [4.78, 5) is 12.4. The van der Waals surface area contributed by atoms with Crippen LogP contribution in [0.5, 0.6) is 0 Å². The van der Waals surface area contributed by atoms with E-state index in [9.17, 15) is 4.79 Å². The van der Waals surface area contributed by atoms with Crippen LogP contribution in [0.2, 0.25) is 5.02 Å². The van der Waals surface area contributed by atoms with E-state index in [1.807, 2.05) is 0 Å². The predicted octanol–water partition coefficient (Wildman–Crippen LogP) is 2.08. The summed E-state index contributed by atoms with van der Waals surface area (Å²) in [5.41, 5.74) is 6.61. The molecule has 0 aliphatic heterocycles. The molecule has 0 aliphatic rings. The lowest BCUT2D eigenvalue weighted by Crippen LogP contribution is -2.12. The van der Waals surface area contributed by atoms with E-state index in [4.69, 9.17) is 29.6 Å². The van der Waals surface area contributed by atoms with Crippen molar-refractivity contribution in [1.82, 2.24) is 9.59 Å². The molecule has 0 radical (unpaired) electrons. The van der Waals surface area contributed by atoms with E-state index in [1.54, 1.807) is 18.2 Å². The van der Waals surface area contributed by atoms with Crippen LogP contribution in [0.1, 0.15) is 15.2 Å². The highest BCUT2D eigenvalue weighted by Crippen LogP contribution is 2.23. The first-order valence-corrected chi connectivity index (χ1v) is 6.32. The molecular formula is C10H7ClN4OS2. The number of thiocarbonyl (C=S) groups is 1. The molecule has 2 rings (SSSR count). The molecule has 0 spiro atoms. The second kappa shape index (κ2) is 5.38. The van der Waals surface area contributed by atoms with Crippen LogP contribution in [0, 0.1) is 0 Å². The number of nitrogens with zero attached hydrogens (tertiary/aromatic N) is 2. The van der Waals surface area contributed by atoms with Crippen molar-refractivity contribution in [1.29, 1.82) is 0 Å². The fourth-order valence-electron chi connectivity index (χ4n) is 1.22. The van der Waals surface area contributed by atoms with Gasteiger partial charge in [-0.2, -0.15) is 0 Å². The van der Waals surface area contributed by atoms with Crippen molar-refractivity contribution in [3.8, 4) is 0 Å². The Morgan fingerprint density at radius 1 is 1.50 bits per heavy atom. The van der Waals surface area contributed by atoms with E-state index >= 15 is 0 Å². The van der Waals surface area contributed by atoms with Crippen LogP contribution in [-0.4, -0.2) is 20.5 Å². The SMILES string of the molecule is NC(=S)c1ccc(NC(=O)c2cnns2)c(Cl)c1. The molecule has 1 amide bonds. The minimum Gasteiger partial charge on any atom is -0.389 e. The molecule has 92 valence electrons. The van der Waals surface area contributed by atoms with Crippen molar-refractivity contribution in [3.05, 3.63) is 39.9 Å². The molecule has 0 saturated heterocycles. The average Bonchev–Trinajstić information content (AvgIpc) is 2.85. The second-order valence-electron chi connectivity index (χ2n) is 3.29. The Morgan fingerprint density at radius 2 is 2.28 bits per heavy atom. The van der Waals surface area contributed by atoms with Crippen LogP contribution in [0.3, 0.4) is 0 Å². The minimum absolute atomic E-state index is 0.251. The van der Waals surface area contributed by atoms with Gasteiger partial charge < -0.3 is 11.1 Å². The molecule has 1 aromatic heterocycles. The van der Waals surface area contributed by atoms with Crippen molar-refractivity contribution >= 4 is 51.9 Å². The molecule has 0 saturated carbocycles. The van der Waals surface area contributed by atoms with E-state index in [2.05, 4.69) is 14.9 Å². The second-order valence-corrected chi connectivity index (χ2v) is 4.93. The Labute approximate surface area is 117 Å². The van der Waals surface area contributed by atoms with Crippen LogP contribution in [-0.2, 0) is 0 Å². The molecule has 8 heteroatoms. The fraction of sp³-hybridized carbons (Fsp3) is 0. The maximum atomic E-state index is 11.8. The molecule has 18 heavy (non-hydrogen) atoms. The Morgan fingerprint density at radius 3 is 2.83 bits per heavy atom. The number of hydrogen-bond acceptors (Lipinski definition) is 5. The van der Waals surface area contributed by atoms with E-state index in [0.29, 0.717) is 21.2 Å². The van der Waals surface area contributed by atoms with Gasteiger partial charge in [0.25, 0.3) is 5.91 Å². The van der Waals surface area contributed by atoms with Gasteiger partial charge in [-0.15, -0.1) is 5.10 Å². The van der Waals surface area contributed by atoms with Crippen molar-refractivity contribution in [3.63, 3.8) is 0 Å². The van der Waals surface area contributed by atoms with Crippen LogP contribution < -0.4 is 11.1 Å². The van der Waals surface area contributed by atoms with Crippen molar-refractivity contribution in [2.24, 2.45) is 5.73 Å². The first-order chi connectivity index (χ1) is 8.58. The molecule has 1 aromatic carbocycles. The van der Waals surface area contributed by atoms with Gasteiger partial charge in [-0.25, -0.2) is 0 Å². The first-order valence-electron chi connectivity index (χ1n) is 4.76. The van der Waals surface area contributed by atoms with Gasteiger partial charge in [0.15, 0.2) is 0 Å². The van der Waals surface area contributed by atoms with E-state index in [-0.39, 0.29) is 10.9 Å². The Kier molecular flexibility index (Phi) is 3.85. The maximum Gasteiger partial charge on any atom is 0.269 e. The zero-order chi connectivity index (χ0) is 13.1. The summed E-state index contributed by atoms with van der Waals surface area (Å²) < 4.78 is 3.61. The van der Waals surface area contributed by atoms with E-state index < -0.39 is 0 Å². The van der Waals surface area contributed by atoms with Gasteiger partial charge >= 0.3 is 0 Å². The molecule has 0 atom stereocenters. The highest BCUT2D eigenvalue weighted by atomic mass is 35.5. The van der Waals surface area contributed by atoms with Crippen LogP contribution in [0.4, 0.5) is 5.69 Å². The molecule has 0 bridgehead atoms. The number of nitrogens with one attached hydrogen (secondary N) is 1. The number of carbonyl (C=O) groups is 1. The van der Waals surface area contributed by atoms with Gasteiger partial charge in [-0.3, -0.25) is 4.79 Å². The Bertz CT molecular complexity index is 600. The lowest BCUT2D eigenvalue weighted by molar-refractivity contribution is 0.103. The van der Waals surface area contributed by atoms with Crippen molar-refractivity contribution < 1.29 is 4.79 Å². The zero-order valence-electron chi connectivity index (χ0n) is 8.88. The monoisotopic (exact) mass is 298 g/mol. The number of amides is 1. The number of anilines is 1. The third-order valence-electron chi connectivity index (χ3n) is 2.09. The number of carbonyl (C=O) groups excluding carboxylic acids is 1. The van der Waals surface area contributed by atoms with Crippen molar-refractivity contribution in [2.45, 2.75) is 0 Å². The largest absolute Gasteiger partial charge is 0.389 e. The first kappa shape index (κ1) is 12.9. The number of aromatic nitrogens is 2. The molecule has 0 aliphatic carbocycles. The molecule has 0 fully saturated rings. The van der Waals surface area contributed by atoms with Gasteiger partial charge in [0.2, 0.25) is 0 Å². The van der Waals surface area contributed by atoms with Gasteiger partial charge in [-0.05, 0) is 29.7 Å². The Balaban J connectivity index is 2.20. The summed E-state index contributed by atoms with van der Waals surface area (Å²) in [5.74, 6) is -0.310. The summed E-state index contributed by atoms with van der Waals surface area (Å²) in [6, 6.07) is 4.93. The third kappa shape index (κ3) is 2.81. The van der Waals surface area contributed by atoms with Crippen LogP contribution in [0.15, 0.2) is 24.4 Å². The number of nitrogens with two attached hydrogens (primary N) is 1. The molecule has 3 N–H and O–H groups in total. The van der Waals surface area contributed by atoms with E-state index in [1.165, 1.54) is 6.20 Å². The number of hydrogen-bond donors (Lipinski definition) is 2. The van der Waals surface area contributed by atoms with Gasteiger partial charge in [-0.1, -0.05) is 28.3 Å². The normalized spacial score (nSPS) is 10.1. The Hall–Kier alpha value is -1.57. The van der Waals surface area contributed by atoms with Crippen LogP contribution >= 0.6 is 35.4 Å². The van der Waals surface area contributed by atoms with E-state index in [0.717, 1.165) is 11.5 Å². The molecule has 2 aromatic rings. The van der Waals surface area contributed by atoms with Gasteiger partial charge in [0.05, 0.1) is 16.9 Å². The van der Waals surface area contributed by atoms with Gasteiger partial charge in [0.1, 0.15) is 9.87 Å². The smallest absolute Gasteiger partial charge is 0.269 e. The summed E-state index contributed by atoms with van der Waals surface area (Å²) in [6.45, 7) is 0. The minimum atomic E-state index is -0.310. The lowest BCUT2D eigenvalue weighted by atomic mass is 10.2. The molecule has 5 nitrogen and oxygen atoms in total. The lowest BCUT2D eigenvalue weighted by Gasteiger charge is -2.07. The summed E-state index contributed by atoms with van der Waals surface area (Å²) in [5, 5.41) is 6.61. The number of rotatable bonds is 3. The van der Waals surface area contributed by atoms with Crippen LogP contribution in [0.25, 0.3) is 0 Å². The predicted molar refractivity (Wildman–Crippen MR) is 75.2 cm³/mol. The maximum absolute atomic E-state index is 11.8. The molecule has 1 heterocycles. The number of benzene rings is 1. The topological polar surface area (TPSA) is 80.9 Å². The summed E-state index contributed by atoms with van der Waals surface area (Å²) in [7, 11) is 0. The molecular weight excluding hydrogens is 292 g/mol.